The maximum atomic E-state index is 13.6. The zero-order valence-electron chi connectivity index (χ0n) is 12.0. The molecule has 0 aliphatic carbocycles. The number of halogens is 2. The molecule has 2 aromatic rings. The fraction of sp³-hybridized carbons (Fsp3) is 0.294. The van der Waals surface area contributed by atoms with Crippen LogP contribution in [-0.2, 0) is 13.2 Å². The molecule has 21 heavy (non-hydrogen) atoms. The molecule has 0 unspecified atom stereocenters. The van der Waals surface area contributed by atoms with Crippen molar-refractivity contribution in [3.63, 3.8) is 0 Å². The SMILES string of the molecule is CCCNCc1c(Cl)cccc1OCc1ccccc1F. The van der Waals surface area contributed by atoms with Crippen molar-refractivity contribution >= 4 is 11.6 Å². The third kappa shape index (κ3) is 4.45. The Hall–Kier alpha value is -1.58. The van der Waals surface area contributed by atoms with Crippen LogP contribution in [-0.4, -0.2) is 6.54 Å². The van der Waals surface area contributed by atoms with Crippen LogP contribution >= 0.6 is 11.6 Å². The quantitative estimate of drug-likeness (QED) is 0.757. The van der Waals surface area contributed by atoms with Gasteiger partial charge in [-0.2, -0.15) is 0 Å². The Labute approximate surface area is 129 Å². The highest BCUT2D eigenvalue weighted by Crippen LogP contribution is 2.27. The van der Waals surface area contributed by atoms with E-state index in [4.69, 9.17) is 16.3 Å². The van der Waals surface area contributed by atoms with Crippen LogP contribution in [0.1, 0.15) is 24.5 Å². The van der Waals surface area contributed by atoms with Crippen LogP contribution < -0.4 is 10.1 Å². The van der Waals surface area contributed by atoms with Gasteiger partial charge in [0.1, 0.15) is 18.2 Å². The molecule has 0 atom stereocenters. The summed E-state index contributed by atoms with van der Waals surface area (Å²) in [5, 5.41) is 3.96. The Kier molecular flexibility index (Phi) is 6.03. The van der Waals surface area contributed by atoms with Gasteiger partial charge in [-0.3, -0.25) is 0 Å². The average molecular weight is 308 g/mol. The third-order valence-corrected chi connectivity index (χ3v) is 3.50. The van der Waals surface area contributed by atoms with Crippen molar-refractivity contribution in [2.24, 2.45) is 0 Å². The molecule has 112 valence electrons. The first kappa shape index (κ1) is 15.8. The van der Waals surface area contributed by atoms with Gasteiger partial charge >= 0.3 is 0 Å². The van der Waals surface area contributed by atoms with Gasteiger partial charge in [0.2, 0.25) is 0 Å². The highest BCUT2D eigenvalue weighted by atomic mass is 35.5. The minimum atomic E-state index is -0.259. The largest absolute Gasteiger partial charge is 0.488 e. The molecule has 0 fully saturated rings. The number of benzene rings is 2. The zero-order chi connectivity index (χ0) is 15.1. The molecule has 0 radical (unpaired) electrons. The van der Waals surface area contributed by atoms with Gasteiger partial charge in [-0.25, -0.2) is 4.39 Å². The van der Waals surface area contributed by atoms with Crippen molar-refractivity contribution < 1.29 is 9.13 Å². The van der Waals surface area contributed by atoms with Gasteiger partial charge in [-0.1, -0.05) is 42.8 Å². The van der Waals surface area contributed by atoms with Crippen molar-refractivity contribution in [3.8, 4) is 5.75 Å². The highest BCUT2D eigenvalue weighted by Gasteiger charge is 2.09. The van der Waals surface area contributed by atoms with Crippen LogP contribution in [0.2, 0.25) is 5.02 Å². The first-order chi connectivity index (χ1) is 10.2. The van der Waals surface area contributed by atoms with E-state index in [9.17, 15) is 4.39 Å². The van der Waals surface area contributed by atoms with E-state index < -0.39 is 0 Å². The topological polar surface area (TPSA) is 21.3 Å². The van der Waals surface area contributed by atoms with E-state index in [-0.39, 0.29) is 12.4 Å². The molecule has 0 amide bonds. The van der Waals surface area contributed by atoms with E-state index in [0.29, 0.717) is 22.9 Å². The summed E-state index contributed by atoms with van der Waals surface area (Å²) in [5.41, 5.74) is 1.44. The maximum absolute atomic E-state index is 13.6. The molecule has 0 heterocycles. The molecule has 2 aromatic carbocycles. The lowest BCUT2D eigenvalue weighted by Gasteiger charge is -2.14. The van der Waals surface area contributed by atoms with Gasteiger partial charge in [0.05, 0.1) is 0 Å². The Morgan fingerprint density at radius 2 is 1.95 bits per heavy atom. The van der Waals surface area contributed by atoms with Crippen molar-refractivity contribution in [2.75, 3.05) is 6.54 Å². The van der Waals surface area contributed by atoms with E-state index in [0.717, 1.165) is 18.5 Å². The first-order valence-electron chi connectivity index (χ1n) is 7.06. The molecule has 0 bridgehead atoms. The molecule has 0 aromatic heterocycles. The lowest BCUT2D eigenvalue weighted by atomic mass is 10.2. The second-order valence-electron chi connectivity index (χ2n) is 4.77. The lowest BCUT2D eigenvalue weighted by Crippen LogP contribution is -2.15. The summed E-state index contributed by atoms with van der Waals surface area (Å²) < 4.78 is 19.4. The number of hydrogen-bond acceptors (Lipinski definition) is 2. The molecule has 0 aliphatic heterocycles. The molecule has 0 spiro atoms. The number of rotatable bonds is 7. The predicted molar refractivity (Wildman–Crippen MR) is 84.2 cm³/mol. The third-order valence-electron chi connectivity index (χ3n) is 3.15. The van der Waals surface area contributed by atoms with Crippen LogP contribution in [0.15, 0.2) is 42.5 Å². The van der Waals surface area contributed by atoms with Crippen molar-refractivity contribution in [1.29, 1.82) is 0 Å². The van der Waals surface area contributed by atoms with Crippen LogP contribution in [0.5, 0.6) is 5.75 Å². The van der Waals surface area contributed by atoms with Crippen LogP contribution in [0.4, 0.5) is 4.39 Å². The smallest absolute Gasteiger partial charge is 0.129 e. The summed E-state index contributed by atoms with van der Waals surface area (Å²) in [6, 6.07) is 12.1. The van der Waals surface area contributed by atoms with Crippen molar-refractivity contribution in [3.05, 3.63) is 64.4 Å². The highest BCUT2D eigenvalue weighted by molar-refractivity contribution is 6.31. The second-order valence-corrected chi connectivity index (χ2v) is 5.18. The molecule has 0 saturated carbocycles. The van der Waals surface area contributed by atoms with Gasteiger partial charge in [0.15, 0.2) is 0 Å². The Morgan fingerprint density at radius 3 is 2.71 bits per heavy atom. The summed E-state index contributed by atoms with van der Waals surface area (Å²) in [5.74, 6) is 0.430. The van der Waals surface area contributed by atoms with Crippen molar-refractivity contribution in [1.82, 2.24) is 5.32 Å². The van der Waals surface area contributed by atoms with Gasteiger partial charge in [-0.15, -0.1) is 0 Å². The van der Waals surface area contributed by atoms with Gasteiger partial charge < -0.3 is 10.1 Å². The summed E-state index contributed by atoms with van der Waals surface area (Å²) >= 11 is 6.23. The average Bonchev–Trinajstić information content (AvgIpc) is 2.49. The molecule has 0 aliphatic rings. The zero-order valence-corrected chi connectivity index (χ0v) is 12.8. The summed E-state index contributed by atoms with van der Waals surface area (Å²) in [6.07, 6.45) is 1.05. The summed E-state index contributed by atoms with van der Waals surface area (Å²) in [4.78, 5) is 0. The molecule has 2 nitrogen and oxygen atoms in total. The van der Waals surface area contributed by atoms with Gasteiger partial charge in [-0.05, 0) is 31.2 Å². The fourth-order valence-electron chi connectivity index (χ4n) is 2.01. The van der Waals surface area contributed by atoms with Crippen molar-refractivity contribution in [2.45, 2.75) is 26.5 Å². The normalized spacial score (nSPS) is 10.6. The van der Waals surface area contributed by atoms with E-state index in [1.165, 1.54) is 6.07 Å². The van der Waals surface area contributed by atoms with E-state index in [1.54, 1.807) is 18.2 Å². The summed E-state index contributed by atoms with van der Waals surface area (Å²) in [7, 11) is 0. The van der Waals surface area contributed by atoms with E-state index >= 15 is 0 Å². The molecular weight excluding hydrogens is 289 g/mol. The van der Waals surface area contributed by atoms with E-state index in [2.05, 4.69) is 12.2 Å². The molecule has 0 saturated heterocycles. The minimum absolute atomic E-state index is 0.188. The summed E-state index contributed by atoms with van der Waals surface area (Å²) in [6.45, 7) is 3.85. The Bertz CT molecular complexity index is 589. The molecular formula is C17H19ClFNO. The Balaban J connectivity index is 2.09. The molecule has 2 rings (SSSR count). The number of nitrogens with one attached hydrogen (secondary N) is 1. The predicted octanol–water partition coefficient (Wildman–Crippen LogP) is 4.56. The second kappa shape index (κ2) is 8.01. The van der Waals surface area contributed by atoms with Crippen LogP contribution in [0, 0.1) is 5.82 Å². The molecule has 4 heteroatoms. The van der Waals surface area contributed by atoms with E-state index in [1.807, 2.05) is 18.2 Å². The monoisotopic (exact) mass is 307 g/mol. The Morgan fingerprint density at radius 1 is 1.14 bits per heavy atom. The van der Waals surface area contributed by atoms with Crippen LogP contribution in [0.3, 0.4) is 0 Å². The lowest BCUT2D eigenvalue weighted by molar-refractivity contribution is 0.296. The maximum Gasteiger partial charge on any atom is 0.129 e. The number of ether oxygens (including phenoxy) is 1. The minimum Gasteiger partial charge on any atom is -0.488 e. The fourth-order valence-corrected chi connectivity index (χ4v) is 2.24. The van der Waals surface area contributed by atoms with Gasteiger partial charge in [0.25, 0.3) is 0 Å². The standard InChI is InChI=1S/C17H19ClFNO/c1-2-10-20-11-14-15(18)7-5-9-17(14)21-12-13-6-3-4-8-16(13)19/h3-9,20H,2,10-12H2,1H3. The first-order valence-corrected chi connectivity index (χ1v) is 7.44. The molecule has 1 N–H and O–H groups in total. The van der Waals surface area contributed by atoms with Crippen LogP contribution in [0.25, 0.3) is 0 Å². The van der Waals surface area contributed by atoms with Gasteiger partial charge in [0, 0.05) is 22.7 Å². The number of hydrogen-bond donors (Lipinski definition) is 1.